The van der Waals surface area contributed by atoms with Gasteiger partial charge in [0, 0.05) is 6.04 Å². The van der Waals surface area contributed by atoms with Gasteiger partial charge in [0.2, 0.25) is 0 Å². The molecule has 4 heteroatoms. The molecule has 96 valence electrons. The fourth-order valence-corrected chi connectivity index (χ4v) is 3.56. The Labute approximate surface area is 116 Å². The molecule has 2 heterocycles. The van der Waals surface area contributed by atoms with Gasteiger partial charge in [0.25, 0.3) is 0 Å². The zero-order chi connectivity index (χ0) is 12.7. The lowest BCUT2D eigenvalue weighted by Crippen LogP contribution is -2.42. The zero-order valence-corrected chi connectivity index (χ0v) is 12.0. The van der Waals surface area contributed by atoms with Gasteiger partial charge in [-0.25, -0.2) is 4.98 Å². The van der Waals surface area contributed by atoms with Crippen molar-refractivity contribution in [2.75, 3.05) is 0 Å². The summed E-state index contributed by atoms with van der Waals surface area (Å²) < 4.78 is 0.803. The Balaban J connectivity index is 1.72. The van der Waals surface area contributed by atoms with Gasteiger partial charge in [0.1, 0.15) is 4.60 Å². The number of hydrogen-bond acceptors (Lipinski definition) is 3. The number of aromatic nitrogens is 1. The van der Waals surface area contributed by atoms with Crippen LogP contribution < -0.4 is 5.32 Å². The Morgan fingerprint density at radius 2 is 2.33 bits per heavy atom. The van der Waals surface area contributed by atoms with E-state index in [-0.39, 0.29) is 6.04 Å². The van der Waals surface area contributed by atoms with Crippen LogP contribution in [0, 0.1) is 12.8 Å². The number of carbonyl (C=O) groups excluding carboxylic acids is 1. The zero-order valence-electron chi connectivity index (χ0n) is 10.4. The third-order valence-electron chi connectivity index (χ3n) is 4.22. The van der Waals surface area contributed by atoms with Crippen LogP contribution in [-0.4, -0.2) is 22.9 Å². The van der Waals surface area contributed by atoms with Crippen molar-refractivity contribution in [3.8, 4) is 0 Å². The van der Waals surface area contributed by atoms with Crippen LogP contribution in [0.1, 0.15) is 30.5 Å². The minimum absolute atomic E-state index is 0.0731. The predicted molar refractivity (Wildman–Crippen MR) is 73.4 cm³/mol. The van der Waals surface area contributed by atoms with Crippen LogP contribution >= 0.6 is 15.9 Å². The first-order chi connectivity index (χ1) is 8.63. The van der Waals surface area contributed by atoms with Gasteiger partial charge in [0.15, 0.2) is 5.78 Å². The van der Waals surface area contributed by atoms with E-state index < -0.39 is 0 Å². The Hall–Kier alpha value is -0.740. The summed E-state index contributed by atoms with van der Waals surface area (Å²) in [6, 6.07) is 4.58. The summed E-state index contributed by atoms with van der Waals surface area (Å²) >= 11 is 3.36. The van der Waals surface area contributed by atoms with Crippen LogP contribution in [0.2, 0.25) is 0 Å². The summed E-state index contributed by atoms with van der Waals surface area (Å²) in [5, 5.41) is 3.46. The van der Waals surface area contributed by atoms with Crippen molar-refractivity contribution in [1.82, 2.24) is 10.3 Å². The van der Waals surface area contributed by atoms with Crippen molar-refractivity contribution in [3.05, 3.63) is 28.0 Å². The first-order valence-electron chi connectivity index (χ1n) is 6.54. The van der Waals surface area contributed by atoms with Crippen LogP contribution in [0.4, 0.5) is 0 Å². The van der Waals surface area contributed by atoms with Crippen LogP contribution in [0.5, 0.6) is 0 Å². The molecule has 1 saturated carbocycles. The predicted octanol–water partition coefficient (Wildman–Crippen LogP) is 2.40. The molecule has 18 heavy (non-hydrogen) atoms. The molecule has 1 aromatic heterocycles. The highest BCUT2D eigenvalue weighted by atomic mass is 79.9. The average Bonchev–Trinajstić information content (AvgIpc) is 2.96. The molecule has 2 fully saturated rings. The van der Waals surface area contributed by atoms with E-state index in [9.17, 15) is 4.79 Å². The number of rotatable bonds is 3. The highest BCUT2D eigenvalue weighted by Gasteiger charge is 2.42. The maximum Gasteiger partial charge on any atom is 0.155 e. The average molecular weight is 309 g/mol. The number of aryl methyl sites for hydroxylation is 1. The van der Waals surface area contributed by atoms with E-state index in [1.807, 2.05) is 19.1 Å². The molecule has 3 atom stereocenters. The first-order valence-corrected chi connectivity index (χ1v) is 7.33. The summed E-state index contributed by atoms with van der Waals surface area (Å²) in [7, 11) is 0. The SMILES string of the molecule is Cc1ccc(Br)nc1CC(=O)[C@H]1N[C@H]2CC[C@@H]1C2. The molecule has 0 aromatic carbocycles. The van der Waals surface area contributed by atoms with Gasteiger partial charge in [-0.2, -0.15) is 0 Å². The quantitative estimate of drug-likeness (QED) is 0.872. The van der Waals surface area contributed by atoms with Crippen LogP contribution in [0.15, 0.2) is 16.7 Å². The molecular formula is C14H17BrN2O. The number of nitrogens with zero attached hydrogens (tertiary/aromatic N) is 1. The number of halogens is 1. The van der Waals surface area contributed by atoms with E-state index in [0.717, 1.165) is 15.9 Å². The number of piperidine rings is 1. The molecule has 1 aliphatic carbocycles. The molecular weight excluding hydrogens is 292 g/mol. The molecule has 3 rings (SSSR count). The smallest absolute Gasteiger partial charge is 0.155 e. The minimum Gasteiger partial charge on any atom is -0.304 e. The van der Waals surface area contributed by atoms with Gasteiger partial charge in [-0.3, -0.25) is 4.79 Å². The summed E-state index contributed by atoms with van der Waals surface area (Å²) in [4.78, 5) is 16.8. The maximum absolute atomic E-state index is 12.4. The Kier molecular flexibility index (Phi) is 3.24. The molecule has 1 saturated heterocycles. The molecule has 1 aromatic rings. The number of carbonyl (C=O) groups is 1. The van der Waals surface area contributed by atoms with Crippen molar-refractivity contribution in [2.24, 2.45) is 5.92 Å². The molecule has 1 N–H and O–H groups in total. The summed E-state index contributed by atoms with van der Waals surface area (Å²) in [5.41, 5.74) is 1.99. The van der Waals surface area contributed by atoms with Gasteiger partial charge in [0.05, 0.1) is 18.2 Å². The molecule has 2 aliphatic rings. The molecule has 0 amide bonds. The number of nitrogens with one attached hydrogen (secondary N) is 1. The lowest BCUT2D eigenvalue weighted by Gasteiger charge is -2.22. The van der Waals surface area contributed by atoms with Crippen molar-refractivity contribution in [2.45, 2.75) is 44.7 Å². The molecule has 0 spiro atoms. The fraction of sp³-hybridized carbons (Fsp3) is 0.571. The third kappa shape index (κ3) is 2.24. The number of hydrogen-bond donors (Lipinski definition) is 1. The molecule has 2 bridgehead atoms. The first kappa shape index (κ1) is 12.3. The van der Waals surface area contributed by atoms with Crippen molar-refractivity contribution in [1.29, 1.82) is 0 Å². The van der Waals surface area contributed by atoms with E-state index >= 15 is 0 Å². The summed E-state index contributed by atoms with van der Waals surface area (Å²) in [6.07, 6.45) is 4.08. The minimum atomic E-state index is 0.0731. The molecule has 0 unspecified atom stereocenters. The Bertz CT molecular complexity index is 489. The lowest BCUT2D eigenvalue weighted by molar-refractivity contribution is -0.121. The van der Waals surface area contributed by atoms with E-state index in [0.29, 0.717) is 24.2 Å². The number of fused-ring (bicyclic) bond motifs is 2. The monoisotopic (exact) mass is 308 g/mol. The van der Waals surface area contributed by atoms with Crippen LogP contribution in [-0.2, 0) is 11.2 Å². The molecule has 0 radical (unpaired) electrons. The second-order valence-electron chi connectivity index (χ2n) is 5.46. The van der Waals surface area contributed by atoms with Gasteiger partial charge >= 0.3 is 0 Å². The van der Waals surface area contributed by atoms with Crippen molar-refractivity contribution in [3.63, 3.8) is 0 Å². The summed E-state index contributed by atoms with van der Waals surface area (Å²) in [6.45, 7) is 2.01. The van der Waals surface area contributed by atoms with Crippen molar-refractivity contribution >= 4 is 21.7 Å². The van der Waals surface area contributed by atoms with Crippen molar-refractivity contribution < 1.29 is 4.79 Å². The third-order valence-corrected chi connectivity index (χ3v) is 4.66. The largest absolute Gasteiger partial charge is 0.304 e. The molecule has 3 nitrogen and oxygen atoms in total. The topological polar surface area (TPSA) is 42.0 Å². The fourth-order valence-electron chi connectivity index (χ4n) is 3.21. The van der Waals surface area contributed by atoms with Gasteiger partial charge in [-0.15, -0.1) is 0 Å². The molecule has 1 aliphatic heterocycles. The van der Waals surface area contributed by atoms with E-state index in [1.54, 1.807) is 0 Å². The second-order valence-corrected chi connectivity index (χ2v) is 6.27. The Morgan fingerprint density at radius 1 is 1.50 bits per heavy atom. The van der Waals surface area contributed by atoms with E-state index in [2.05, 4.69) is 26.2 Å². The van der Waals surface area contributed by atoms with Gasteiger partial charge < -0.3 is 5.32 Å². The maximum atomic E-state index is 12.4. The highest BCUT2D eigenvalue weighted by molar-refractivity contribution is 9.10. The number of pyridine rings is 1. The van der Waals surface area contributed by atoms with Gasteiger partial charge in [-0.05, 0) is 59.7 Å². The Morgan fingerprint density at radius 3 is 3.00 bits per heavy atom. The van der Waals surface area contributed by atoms with E-state index in [4.69, 9.17) is 0 Å². The number of ketones is 1. The second kappa shape index (κ2) is 4.74. The lowest BCUT2D eigenvalue weighted by atomic mass is 9.93. The van der Waals surface area contributed by atoms with Crippen LogP contribution in [0.25, 0.3) is 0 Å². The van der Waals surface area contributed by atoms with Crippen LogP contribution in [0.3, 0.4) is 0 Å². The normalized spacial score (nSPS) is 29.8. The van der Waals surface area contributed by atoms with E-state index in [1.165, 1.54) is 19.3 Å². The summed E-state index contributed by atoms with van der Waals surface area (Å²) in [5.74, 6) is 0.867. The highest BCUT2D eigenvalue weighted by Crippen LogP contribution is 2.35. The number of Topliss-reactive ketones (excluding diaryl/α,β-unsaturated/α-hetero) is 1. The standard InChI is InChI=1S/C14H17BrN2O/c1-8-2-5-13(15)17-11(8)7-12(18)14-9-3-4-10(6-9)16-14/h2,5,9-10,14,16H,3-4,6-7H2,1H3/t9-,10+,14+/m1/s1. The van der Waals surface area contributed by atoms with Gasteiger partial charge in [-0.1, -0.05) is 6.07 Å².